The van der Waals surface area contributed by atoms with Gasteiger partial charge in [0, 0.05) is 0 Å². The topological polar surface area (TPSA) is 63.2 Å². The number of hydrazone groups is 1. The Morgan fingerprint density at radius 3 is 2.52 bits per heavy atom. The lowest BCUT2D eigenvalue weighted by atomic mass is 10.2. The first-order chi connectivity index (χ1) is 14.1. The van der Waals surface area contributed by atoms with Gasteiger partial charge in [-0.1, -0.05) is 37.4 Å². The van der Waals surface area contributed by atoms with E-state index >= 15 is 0 Å². The fourth-order valence-corrected chi connectivity index (χ4v) is 3.54. The molecule has 29 heavy (non-hydrogen) atoms. The Bertz CT molecular complexity index is 879. The molecule has 0 spiro atoms. The Hall–Kier alpha value is -2.93. The van der Waals surface area contributed by atoms with E-state index in [0.29, 0.717) is 29.8 Å². The van der Waals surface area contributed by atoms with Crippen molar-refractivity contribution >= 4 is 28.5 Å². The van der Waals surface area contributed by atoms with Gasteiger partial charge in [-0.15, -0.1) is 5.10 Å². The van der Waals surface area contributed by atoms with Crippen LogP contribution < -0.4 is 14.9 Å². The summed E-state index contributed by atoms with van der Waals surface area (Å²) in [6, 6.07) is 15.3. The minimum Gasteiger partial charge on any atom is -0.497 e. The third-order valence-corrected chi connectivity index (χ3v) is 5.28. The molecule has 1 saturated heterocycles. The average molecular weight is 412 g/mol. The fourth-order valence-electron chi connectivity index (χ4n) is 2.70. The highest BCUT2D eigenvalue weighted by Gasteiger charge is 2.28. The van der Waals surface area contributed by atoms with E-state index in [1.807, 2.05) is 48.5 Å². The summed E-state index contributed by atoms with van der Waals surface area (Å²) in [6.07, 6.45) is 0.969. The second kappa shape index (κ2) is 10.0. The molecule has 0 atom stereocenters. The molecule has 3 rings (SSSR count). The van der Waals surface area contributed by atoms with Crippen molar-refractivity contribution in [2.24, 2.45) is 5.10 Å². The summed E-state index contributed by atoms with van der Waals surface area (Å²) in [5, 5.41) is 5.05. The van der Waals surface area contributed by atoms with Crippen LogP contribution in [0.15, 0.2) is 60.2 Å². The van der Waals surface area contributed by atoms with Gasteiger partial charge in [-0.25, -0.2) is 0 Å². The molecule has 1 heterocycles. The van der Waals surface area contributed by atoms with Crippen molar-refractivity contribution in [2.45, 2.75) is 19.9 Å². The summed E-state index contributed by atoms with van der Waals surface area (Å²) < 4.78 is 10.8. The highest BCUT2D eigenvalue weighted by atomic mass is 32.2. The third-order valence-electron chi connectivity index (χ3n) is 4.32. The number of amidine groups is 1. The van der Waals surface area contributed by atoms with Crippen LogP contribution in [-0.4, -0.2) is 35.4 Å². The second-order valence-electron chi connectivity index (χ2n) is 6.47. The summed E-state index contributed by atoms with van der Waals surface area (Å²) in [4.78, 5) is 14.0. The zero-order valence-electron chi connectivity index (χ0n) is 16.7. The first kappa shape index (κ1) is 20.8. The van der Waals surface area contributed by atoms with E-state index in [2.05, 4.69) is 24.0 Å². The number of methoxy groups -OCH3 is 1. The van der Waals surface area contributed by atoms with Crippen LogP contribution in [0.5, 0.6) is 11.5 Å². The molecule has 1 N–H and O–H groups in total. The Morgan fingerprint density at radius 2 is 1.86 bits per heavy atom. The van der Waals surface area contributed by atoms with Crippen molar-refractivity contribution in [1.82, 2.24) is 10.3 Å². The quantitative estimate of drug-likeness (QED) is 0.630. The van der Waals surface area contributed by atoms with Crippen LogP contribution in [0.3, 0.4) is 0 Å². The summed E-state index contributed by atoms with van der Waals surface area (Å²) >= 11 is 1.41. The molecule has 0 saturated carbocycles. The maximum absolute atomic E-state index is 12.3. The number of carbonyl (C=O) groups is 1. The summed E-state index contributed by atoms with van der Waals surface area (Å²) in [5.41, 5.74) is 5.55. The van der Waals surface area contributed by atoms with Crippen LogP contribution in [0.4, 0.5) is 0 Å². The van der Waals surface area contributed by atoms with Gasteiger partial charge >= 0.3 is 0 Å². The largest absolute Gasteiger partial charge is 0.497 e. The van der Waals surface area contributed by atoms with E-state index in [0.717, 1.165) is 29.0 Å². The number of benzene rings is 2. The van der Waals surface area contributed by atoms with Crippen molar-refractivity contribution in [3.05, 3.63) is 66.2 Å². The summed E-state index contributed by atoms with van der Waals surface area (Å²) in [5.74, 6) is 2.03. The number of hydrogen-bond donors (Lipinski definition) is 1. The van der Waals surface area contributed by atoms with Gasteiger partial charge in [0.1, 0.15) is 11.5 Å². The van der Waals surface area contributed by atoms with Gasteiger partial charge in [-0.05, 0) is 53.9 Å². The first-order valence-electron chi connectivity index (χ1n) is 9.42. The molecule has 6 nitrogen and oxygen atoms in total. The molecule has 1 aliphatic rings. The summed E-state index contributed by atoms with van der Waals surface area (Å²) in [6.45, 7) is 7.27. The molecule has 1 fully saturated rings. The lowest BCUT2D eigenvalue weighted by molar-refractivity contribution is -0.124. The van der Waals surface area contributed by atoms with Gasteiger partial charge in [0.25, 0.3) is 0 Å². The number of hydrogen-bond acceptors (Lipinski definition) is 6. The Labute approximate surface area is 175 Å². The van der Waals surface area contributed by atoms with Gasteiger partial charge in [0.05, 0.1) is 31.7 Å². The van der Waals surface area contributed by atoms with Crippen molar-refractivity contribution in [3.63, 3.8) is 0 Å². The molecule has 1 aliphatic heterocycles. The van der Waals surface area contributed by atoms with E-state index in [-0.39, 0.29) is 5.91 Å². The molecule has 0 radical (unpaired) electrons. The molecule has 0 bridgehead atoms. The van der Waals surface area contributed by atoms with Crippen molar-refractivity contribution < 1.29 is 14.3 Å². The Balaban J connectivity index is 1.63. The number of carbonyl (C=O) groups excluding carboxylic acids is 1. The molecule has 152 valence electrons. The van der Waals surface area contributed by atoms with E-state index < -0.39 is 0 Å². The van der Waals surface area contributed by atoms with E-state index in [1.54, 1.807) is 12.0 Å². The number of nitrogens with one attached hydrogen (secondary N) is 1. The molecular formula is C22H25N3O3S. The maximum atomic E-state index is 12.3. The maximum Gasteiger partial charge on any atom is 0.239 e. The monoisotopic (exact) mass is 411 g/mol. The van der Waals surface area contributed by atoms with Crippen LogP contribution in [0.2, 0.25) is 0 Å². The minimum absolute atomic E-state index is 0.0365. The Morgan fingerprint density at radius 1 is 1.17 bits per heavy atom. The van der Waals surface area contributed by atoms with Crippen LogP contribution in [0, 0.1) is 0 Å². The second-order valence-corrected chi connectivity index (χ2v) is 7.42. The van der Waals surface area contributed by atoms with E-state index in [1.165, 1.54) is 11.8 Å². The zero-order valence-corrected chi connectivity index (χ0v) is 17.5. The number of nitrogens with zero attached hydrogens (tertiary/aromatic N) is 2. The number of rotatable bonds is 9. The molecule has 0 aliphatic carbocycles. The predicted octanol–water partition coefficient (Wildman–Crippen LogP) is 4.09. The highest BCUT2D eigenvalue weighted by molar-refractivity contribution is 8.15. The van der Waals surface area contributed by atoms with Crippen LogP contribution in [0.25, 0.3) is 5.70 Å². The lowest BCUT2D eigenvalue weighted by Crippen LogP contribution is -2.30. The van der Waals surface area contributed by atoms with Gasteiger partial charge < -0.3 is 9.47 Å². The molecular weight excluding hydrogens is 386 g/mol. The molecule has 2 aromatic rings. The van der Waals surface area contributed by atoms with E-state index in [4.69, 9.17) is 9.47 Å². The lowest BCUT2D eigenvalue weighted by Gasteiger charge is -2.16. The normalized spacial score (nSPS) is 14.9. The standard InChI is InChI=1S/C22H25N3O3S/c1-4-13-28-20-11-7-18(8-12-20)16(2)23-24-22-25(21(26)15-29-22)14-17-5-9-19(27-3)10-6-17/h5-12,23H,2,4,13-15H2,1,3H3. The number of amides is 1. The van der Waals surface area contributed by atoms with E-state index in [9.17, 15) is 4.79 Å². The molecule has 1 amide bonds. The minimum atomic E-state index is 0.0365. The van der Waals surface area contributed by atoms with Crippen molar-refractivity contribution in [1.29, 1.82) is 0 Å². The van der Waals surface area contributed by atoms with Crippen LogP contribution >= 0.6 is 11.8 Å². The SMILES string of the molecule is C=C(NN=C1SCC(=O)N1Cc1ccc(OC)cc1)c1ccc(OCCC)cc1. The van der Waals surface area contributed by atoms with Crippen molar-refractivity contribution in [2.75, 3.05) is 19.5 Å². The smallest absolute Gasteiger partial charge is 0.239 e. The molecule has 0 unspecified atom stereocenters. The van der Waals surface area contributed by atoms with Gasteiger partial charge in [-0.3, -0.25) is 15.1 Å². The number of thioether (sulfide) groups is 1. The number of ether oxygens (including phenoxy) is 2. The molecule has 2 aromatic carbocycles. The highest BCUT2D eigenvalue weighted by Crippen LogP contribution is 2.23. The predicted molar refractivity (Wildman–Crippen MR) is 118 cm³/mol. The van der Waals surface area contributed by atoms with Crippen molar-refractivity contribution in [3.8, 4) is 11.5 Å². The van der Waals surface area contributed by atoms with Gasteiger partial charge in [-0.2, -0.15) is 0 Å². The van der Waals surface area contributed by atoms with Gasteiger partial charge in [0.15, 0.2) is 5.17 Å². The fraction of sp³-hybridized carbons (Fsp3) is 0.273. The average Bonchev–Trinajstić information content (AvgIpc) is 3.10. The first-order valence-corrected chi connectivity index (χ1v) is 10.4. The zero-order chi connectivity index (χ0) is 20.6. The third kappa shape index (κ3) is 5.54. The molecule has 0 aromatic heterocycles. The van der Waals surface area contributed by atoms with Crippen LogP contribution in [0.1, 0.15) is 24.5 Å². The van der Waals surface area contributed by atoms with Crippen LogP contribution in [-0.2, 0) is 11.3 Å². The summed E-state index contributed by atoms with van der Waals surface area (Å²) in [7, 11) is 1.63. The molecule has 7 heteroatoms. The Kier molecular flexibility index (Phi) is 7.19. The van der Waals surface area contributed by atoms with Gasteiger partial charge in [0.2, 0.25) is 5.91 Å².